The molecule has 5 atom stereocenters. The topological polar surface area (TPSA) is 64.5 Å². The summed E-state index contributed by atoms with van der Waals surface area (Å²) in [5, 5.41) is 21.7. The fourth-order valence-corrected chi connectivity index (χ4v) is 6.76. The summed E-state index contributed by atoms with van der Waals surface area (Å²) in [5.41, 5.74) is 4.67. The minimum Gasteiger partial charge on any atom is -0.377 e. The van der Waals surface area contributed by atoms with Gasteiger partial charge in [-0.15, -0.1) is 0 Å². The molecular weight excluding hydrogens is 419 g/mol. The Labute approximate surface area is 170 Å². The summed E-state index contributed by atoms with van der Waals surface area (Å²) in [6.07, 6.45) is 5.73. The third kappa shape index (κ3) is 2.11. The number of nitrogens with one attached hydrogen (secondary N) is 2. The number of nitrogens with zero attached hydrogens (tertiary/aromatic N) is 2. The van der Waals surface area contributed by atoms with Gasteiger partial charge in [-0.05, 0) is 88.2 Å². The van der Waals surface area contributed by atoms with Crippen molar-refractivity contribution in [2.45, 2.75) is 31.2 Å². The van der Waals surface area contributed by atoms with Crippen molar-refractivity contribution in [1.29, 1.82) is 5.26 Å². The van der Waals surface area contributed by atoms with Crippen LogP contribution in [0.4, 0.5) is 10.1 Å². The van der Waals surface area contributed by atoms with Crippen molar-refractivity contribution in [3.8, 4) is 6.07 Å². The highest BCUT2D eigenvalue weighted by Crippen LogP contribution is 2.65. The average Bonchev–Trinajstić information content (AvgIpc) is 3.44. The van der Waals surface area contributed by atoms with Crippen LogP contribution in [-0.4, -0.2) is 10.2 Å². The van der Waals surface area contributed by atoms with E-state index in [1.165, 1.54) is 36.3 Å². The van der Waals surface area contributed by atoms with Crippen molar-refractivity contribution >= 4 is 32.5 Å². The molecule has 2 N–H and O–H groups in total. The van der Waals surface area contributed by atoms with Crippen LogP contribution >= 0.6 is 15.9 Å². The molecule has 2 aromatic carbocycles. The number of H-pyrrole nitrogens is 1. The van der Waals surface area contributed by atoms with Crippen LogP contribution in [0, 0.1) is 34.9 Å². The Morgan fingerprint density at radius 1 is 1.21 bits per heavy atom. The lowest BCUT2D eigenvalue weighted by Gasteiger charge is -2.44. The van der Waals surface area contributed by atoms with Gasteiger partial charge in [0.15, 0.2) is 0 Å². The molecule has 6 rings (SSSR count). The summed E-state index contributed by atoms with van der Waals surface area (Å²) in [6, 6.07) is 9.15. The third-order valence-electron chi connectivity index (χ3n) is 7.21. The molecular formula is C22H18BrFN4. The Balaban J connectivity index is 1.57. The first kappa shape index (κ1) is 16.6. The first-order valence-corrected chi connectivity index (χ1v) is 10.6. The van der Waals surface area contributed by atoms with E-state index in [-0.39, 0.29) is 11.6 Å². The largest absolute Gasteiger partial charge is 0.377 e. The average molecular weight is 437 g/mol. The van der Waals surface area contributed by atoms with E-state index in [1.807, 2.05) is 18.3 Å². The van der Waals surface area contributed by atoms with Crippen LogP contribution in [0.15, 0.2) is 34.9 Å². The van der Waals surface area contributed by atoms with Crippen molar-refractivity contribution in [1.82, 2.24) is 10.2 Å². The van der Waals surface area contributed by atoms with Gasteiger partial charge in [0.25, 0.3) is 0 Å². The molecule has 3 aliphatic rings. The smallest absolute Gasteiger partial charge is 0.140 e. The number of rotatable bonds is 1. The van der Waals surface area contributed by atoms with Crippen molar-refractivity contribution in [3.05, 3.63) is 57.4 Å². The molecule has 3 aromatic rings. The summed E-state index contributed by atoms with van der Waals surface area (Å²) in [7, 11) is 0. The van der Waals surface area contributed by atoms with Crippen LogP contribution in [0.25, 0.3) is 10.9 Å². The molecule has 2 fully saturated rings. The zero-order valence-electron chi connectivity index (χ0n) is 15.0. The summed E-state index contributed by atoms with van der Waals surface area (Å²) < 4.78 is 15.0. The monoisotopic (exact) mass is 436 g/mol. The molecule has 0 radical (unpaired) electrons. The number of nitriles is 1. The van der Waals surface area contributed by atoms with Gasteiger partial charge in [0.2, 0.25) is 0 Å². The number of fused-ring (bicyclic) bond motifs is 9. The molecule has 2 bridgehead atoms. The molecule has 6 heteroatoms. The number of benzene rings is 2. The van der Waals surface area contributed by atoms with Gasteiger partial charge in [-0.3, -0.25) is 5.10 Å². The second-order valence-electron chi connectivity index (χ2n) is 8.39. The maximum Gasteiger partial charge on any atom is 0.140 e. The number of hydrogen-bond donors (Lipinski definition) is 2. The first-order valence-electron chi connectivity index (χ1n) is 9.77. The Bertz CT molecular complexity index is 1160. The van der Waals surface area contributed by atoms with Gasteiger partial charge in [0.1, 0.15) is 11.9 Å². The lowest BCUT2D eigenvalue weighted by atomic mass is 9.67. The van der Waals surface area contributed by atoms with Gasteiger partial charge < -0.3 is 5.32 Å². The highest BCUT2D eigenvalue weighted by Gasteiger charge is 2.54. The van der Waals surface area contributed by atoms with Gasteiger partial charge in [-0.25, -0.2) is 4.39 Å². The SMILES string of the molecule is N#Cc1cc([C@@H]2Nc3c(Br)cc4[nH]ncc4c3[C@H]3[C@@H]4CC[C@@H](C4)[C@H]32)ccc1F. The highest BCUT2D eigenvalue weighted by molar-refractivity contribution is 9.10. The molecule has 2 heterocycles. The lowest BCUT2D eigenvalue weighted by molar-refractivity contribution is 0.248. The van der Waals surface area contributed by atoms with E-state index < -0.39 is 5.82 Å². The van der Waals surface area contributed by atoms with Gasteiger partial charge in [-0.2, -0.15) is 10.4 Å². The van der Waals surface area contributed by atoms with Gasteiger partial charge >= 0.3 is 0 Å². The van der Waals surface area contributed by atoms with E-state index in [0.29, 0.717) is 23.7 Å². The summed E-state index contributed by atoms with van der Waals surface area (Å²) >= 11 is 3.76. The quantitative estimate of drug-likeness (QED) is 0.519. The molecule has 2 saturated carbocycles. The molecule has 28 heavy (non-hydrogen) atoms. The molecule has 1 aliphatic heterocycles. The van der Waals surface area contributed by atoms with E-state index in [9.17, 15) is 9.65 Å². The molecule has 1 aromatic heterocycles. The number of aromatic amines is 1. The summed E-state index contributed by atoms with van der Waals surface area (Å²) in [5.74, 6) is 1.82. The second kappa shape index (κ2) is 5.81. The molecule has 0 unspecified atom stereocenters. The zero-order chi connectivity index (χ0) is 19.0. The third-order valence-corrected chi connectivity index (χ3v) is 7.83. The summed E-state index contributed by atoms with van der Waals surface area (Å²) in [4.78, 5) is 0. The maximum atomic E-state index is 13.9. The normalized spacial score (nSPS) is 30.0. The van der Waals surface area contributed by atoms with E-state index >= 15 is 0 Å². The summed E-state index contributed by atoms with van der Waals surface area (Å²) in [6.45, 7) is 0. The molecule has 140 valence electrons. The van der Waals surface area contributed by atoms with Crippen molar-refractivity contribution in [3.63, 3.8) is 0 Å². The van der Waals surface area contributed by atoms with Crippen LogP contribution in [0.2, 0.25) is 0 Å². The van der Waals surface area contributed by atoms with Crippen molar-refractivity contribution < 1.29 is 4.39 Å². The van der Waals surface area contributed by atoms with E-state index in [0.717, 1.165) is 21.2 Å². The fraction of sp³-hybridized carbons (Fsp3) is 0.364. The highest BCUT2D eigenvalue weighted by atomic mass is 79.9. The van der Waals surface area contributed by atoms with Crippen molar-refractivity contribution in [2.75, 3.05) is 5.32 Å². The molecule has 2 aliphatic carbocycles. The first-order chi connectivity index (χ1) is 13.7. The van der Waals surface area contributed by atoms with E-state index in [2.05, 4.69) is 37.5 Å². The number of hydrogen-bond acceptors (Lipinski definition) is 3. The van der Waals surface area contributed by atoms with Gasteiger partial charge in [0.05, 0.1) is 29.0 Å². The Morgan fingerprint density at radius 2 is 2.07 bits per heavy atom. The van der Waals surface area contributed by atoms with Crippen LogP contribution in [0.3, 0.4) is 0 Å². The number of halogens is 2. The van der Waals surface area contributed by atoms with Crippen LogP contribution in [0.5, 0.6) is 0 Å². The minimum absolute atomic E-state index is 0.0844. The standard InChI is InChI=1S/C22H18BrFN4/c23-15-7-17-14(9-26-28-17)20-18-10-1-2-11(5-10)19(18)21(27-22(15)20)12-3-4-16(24)13(6-12)8-25/h3-4,6-7,9-11,18-19,21,27H,1-2,5H2,(H,26,28)/t10-,11+,18+,19-,21+/m1/s1. The van der Waals surface area contributed by atoms with Crippen LogP contribution in [0.1, 0.15) is 47.9 Å². The van der Waals surface area contributed by atoms with Gasteiger partial charge in [-0.1, -0.05) is 6.07 Å². The fourth-order valence-electron chi connectivity index (χ4n) is 6.20. The Kier molecular flexibility index (Phi) is 3.43. The van der Waals surface area contributed by atoms with Crippen LogP contribution < -0.4 is 5.32 Å². The lowest BCUT2D eigenvalue weighted by Crippen LogP contribution is -2.35. The zero-order valence-corrected chi connectivity index (χ0v) is 16.6. The van der Waals surface area contributed by atoms with E-state index in [1.54, 1.807) is 6.07 Å². The van der Waals surface area contributed by atoms with E-state index in [4.69, 9.17) is 0 Å². The number of aromatic nitrogens is 2. The minimum atomic E-state index is -0.451. The predicted molar refractivity (Wildman–Crippen MR) is 108 cm³/mol. The van der Waals surface area contributed by atoms with Crippen LogP contribution in [-0.2, 0) is 0 Å². The maximum absolute atomic E-state index is 13.9. The molecule has 0 amide bonds. The Hall–Kier alpha value is -2.39. The number of anilines is 1. The molecule has 4 nitrogen and oxygen atoms in total. The molecule has 0 spiro atoms. The van der Waals surface area contributed by atoms with Gasteiger partial charge in [0, 0.05) is 9.86 Å². The predicted octanol–water partition coefficient (Wildman–Crippen LogP) is 5.63. The molecule has 0 saturated heterocycles. The Morgan fingerprint density at radius 3 is 2.93 bits per heavy atom. The second-order valence-corrected chi connectivity index (χ2v) is 9.24. The van der Waals surface area contributed by atoms with Crippen molar-refractivity contribution in [2.24, 2.45) is 17.8 Å².